The fraction of sp³-hybridized carbons (Fsp3) is 0.682. The molecule has 28 heavy (non-hydrogen) atoms. The van der Waals surface area contributed by atoms with E-state index in [1.165, 1.54) is 0 Å². The normalized spacial score (nSPS) is 16.4. The lowest BCUT2D eigenvalue weighted by Gasteiger charge is -2.53. The molecular weight excluding hydrogens is 368 g/mol. The minimum absolute atomic E-state index is 0.0605. The Bertz CT molecular complexity index is 705. The summed E-state index contributed by atoms with van der Waals surface area (Å²) >= 11 is 0. The van der Waals surface area contributed by atoms with Gasteiger partial charge in [0.2, 0.25) is 0 Å². The van der Waals surface area contributed by atoms with E-state index in [9.17, 15) is 9.90 Å². The molecule has 0 saturated heterocycles. The maximum atomic E-state index is 12.6. The topological polar surface area (TPSA) is 98.6 Å². The van der Waals surface area contributed by atoms with E-state index in [-0.39, 0.29) is 24.0 Å². The number of hydrogen-bond acceptors (Lipinski definition) is 5. The minimum atomic E-state index is -2.45. The third-order valence-corrected chi connectivity index (χ3v) is 12.5. The number of nitrogens with two attached hydrogens (primary N) is 2. The van der Waals surface area contributed by atoms with Crippen molar-refractivity contribution in [2.45, 2.75) is 83.8 Å². The number of rotatable bonds is 6. The van der Waals surface area contributed by atoms with Crippen LogP contribution in [0.1, 0.15) is 59.1 Å². The van der Waals surface area contributed by atoms with Gasteiger partial charge in [0.15, 0.2) is 0 Å². The Hall–Kier alpha value is -1.37. The van der Waals surface area contributed by atoms with Crippen molar-refractivity contribution in [3.63, 3.8) is 0 Å². The average Bonchev–Trinajstić information content (AvgIpc) is 2.51. The summed E-state index contributed by atoms with van der Waals surface area (Å²) in [4.78, 5) is 12.6. The van der Waals surface area contributed by atoms with Crippen LogP contribution >= 0.6 is 0 Å². The quantitative estimate of drug-likeness (QED) is 0.373. The van der Waals surface area contributed by atoms with E-state index in [2.05, 4.69) is 33.9 Å². The van der Waals surface area contributed by atoms with Crippen LogP contribution in [0.25, 0.3) is 0 Å². The summed E-state index contributed by atoms with van der Waals surface area (Å²) in [5.74, 6) is -0.814. The minimum Gasteiger partial charge on any atom is -0.460 e. The Kier molecular flexibility index (Phi) is 7.19. The molecule has 0 amide bonds. The molecule has 6 heteroatoms. The fourth-order valence-electron chi connectivity index (χ4n) is 3.67. The molecule has 0 heterocycles. The Balaban J connectivity index is 3.62. The van der Waals surface area contributed by atoms with Crippen LogP contribution in [0.5, 0.6) is 0 Å². The average molecular weight is 409 g/mol. The second kappa shape index (κ2) is 8.17. The van der Waals surface area contributed by atoms with Gasteiger partial charge in [-0.3, -0.25) is 4.79 Å². The molecule has 0 fully saturated rings. The van der Waals surface area contributed by atoms with E-state index in [0.29, 0.717) is 5.69 Å². The first kappa shape index (κ1) is 24.7. The Labute approximate surface area is 171 Å². The highest BCUT2D eigenvalue weighted by atomic mass is 28.3. The zero-order valence-electron chi connectivity index (χ0n) is 19.1. The number of ether oxygens (including phenoxy) is 1. The SMILES string of the molecule is Cc1ccc(N)cc1C(O)(C(CN)CC(=O)OC(C)(C)C)[Si](C)(C)C(C)(C)C. The van der Waals surface area contributed by atoms with Crippen molar-refractivity contribution in [3.8, 4) is 0 Å². The van der Waals surface area contributed by atoms with Crippen LogP contribution in [0.15, 0.2) is 18.2 Å². The summed E-state index contributed by atoms with van der Waals surface area (Å²) in [6, 6.07) is 5.59. The number of carbonyl (C=O) groups excluding carboxylic acids is 1. The van der Waals surface area contributed by atoms with Crippen molar-refractivity contribution in [2.75, 3.05) is 12.3 Å². The summed E-state index contributed by atoms with van der Waals surface area (Å²) in [5.41, 5.74) is 14.0. The van der Waals surface area contributed by atoms with Gasteiger partial charge in [-0.2, -0.15) is 0 Å². The van der Waals surface area contributed by atoms with Gasteiger partial charge in [-0.1, -0.05) is 39.9 Å². The molecule has 0 radical (unpaired) electrons. The zero-order chi connectivity index (χ0) is 22.1. The van der Waals surface area contributed by atoms with Crippen LogP contribution in [0.2, 0.25) is 18.1 Å². The third kappa shape index (κ3) is 4.96. The number of aryl methyl sites for hydroxylation is 1. The molecule has 0 aliphatic rings. The molecule has 2 atom stereocenters. The molecule has 1 aromatic rings. The maximum absolute atomic E-state index is 12.6. The van der Waals surface area contributed by atoms with Crippen molar-refractivity contribution in [1.82, 2.24) is 0 Å². The molecular formula is C22H40N2O3Si. The number of nitrogen functional groups attached to an aromatic ring is 1. The fourth-order valence-corrected chi connectivity index (χ4v) is 7.00. The lowest BCUT2D eigenvalue weighted by atomic mass is 9.89. The van der Waals surface area contributed by atoms with Gasteiger partial charge in [-0.25, -0.2) is 0 Å². The Morgan fingerprint density at radius 2 is 1.71 bits per heavy atom. The largest absolute Gasteiger partial charge is 0.460 e. The van der Waals surface area contributed by atoms with Gasteiger partial charge >= 0.3 is 5.97 Å². The van der Waals surface area contributed by atoms with E-state index in [1.54, 1.807) is 0 Å². The smallest absolute Gasteiger partial charge is 0.306 e. The highest BCUT2D eigenvalue weighted by molar-refractivity contribution is 6.82. The molecule has 5 N–H and O–H groups in total. The van der Waals surface area contributed by atoms with Crippen LogP contribution in [-0.4, -0.2) is 31.3 Å². The third-order valence-electron chi connectivity index (χ3n) is 6.21. The summed E-state index contributed by atoms with van der Waals surface area (Å²) in [6.07, 6.45) is 0.0605. The monoisotopic (exact) mass is 408 g/mol. The molecule has 0 saturated carbocycles. The molecule has 160 valence electrons. The van der Waals surface area contributed by atoms with Crippen LogP contribution in [-0.2, 0) is 14.8 Å². The standard InChI is InChI=1S/C22H40N2O3Si/c1-15-10-11-17(24)13-18(15)22(26,28(8,9)21(5,6)7)16(14-23)12-19(25)27-20(2,3)4/h10-11,13,16,26H,12,14,23-24H2,1-9H3. The van der Waals surface area contributed by atoms with Gasteiger partial charge in [0, 0.05) is 11.6 Å². The number of hydrogen-bond donors (Lipinski definition) is 3. The number of carbonyl (C=O) groups is 1. The molecule has 2 unspecified atom stereocenters. The van der Waals surface area contributed by atoms with Crippen LogP contribution in [0.4, 0.5) is 5.69 Å². The maximum Gasteiger partial charge on any atom is 0.306 e. The predicted octanol–water partition coefficient (Wildman–Crippen LogP) is 4.12. The van der Waals surface area contributed by atoms with E-state index in [4.69, 9.17) is 16.2 Å². The first-order valence-electron chi connectivity index (χ1n) is 9.98. The van der Waals surface area contributed by atoms with Crippen LogP contribution < -0.4 is 11.5 Å². The van der Waals surface area contributed by atoms with Gasteiger partial charge < -0.3 is 21.3 Å². The molecule has 0 aliphatic heterocycles. The van der Waals surface area contributed by atoms with E-state index in [0.717, 1.165) is 11.1 Å². The van der Waals surface area contributed by atoms with Crippen molar-refractivity contribution in [3.05, 3.63) is 29.3 Å². The molecule has 0 spiro atoms. The summed E-state index contributed by atoms with van der Waals surface area (Å²) in [7, 11) is -2.45. The number of anilines is 1. The van der Waals surface area contributed by atoms with Gasteiger partial charge in [-0.15, -0.1) is 0 Å². The molecule has 5 nitrogen and oxygen atoms in total. The Morgan fingerprint density at radius 3 is 2.14 bits per heavy atom. The molecule has 0 bridgehead atoms. The molecule has 1 rings (SSSR count). The predicted molar refractivity (Wildman–Crippen MR) is 120 cm³/mol. The lowest BCUT2D eigenvalue weighted by Crippen LogP contribution is -2.63. The first-order valence-corrected chi connectivity index (χ1v) is 13.0. The second-order valence-electron chi connectivity index (χ2n) is 10.4. The summed E-state index contributed by atoms with van der Waals surface area (Å²) < 4.78 is 5.54. The Morgan fingerprint density at radius 1 is 1.18 bits per heavy atom. The van der Waals surface area contributed by atoms with Crippen molar-refractivity contribution >= 4 is 19.7 Å². The van der Waals surface area contributed by atoms with E-state index in [1.807, 2.05) is 45.9 Å². The van der Waals surface area contributed by atoms with Crippen LogP contribution in [0.3, 0.4) is 0 Å². The second-order valence-corrected chi connectivity index (χ2v) is 16.0. The molecule has 1 aromatic carbocycles. The van der Waals surface area contributed by atoms with Crippen molar-refractivity contribution in [1.29, 1.82) is 0 Å². The highest BCUT2D eigenvalue weighted by Crippen LogP contribution is 2.52. The van der Waals surface area contributed by atoms with Crippen molar-refractivity contribution in [2.24, 2.45) is 11.7 Å². The molecule has 0 aliphatic carbocycles. The van der Waals surface area contributed by atoms with Gasteiger partial charge in [0.1, 0.15) is 5.60 Å². The lowest BCUT2D eigenvalue weighted by molar-refractivity contribution is -0.157. The highest BCUT2D eigenvalue weighted by Gasteiger charge is 2.57. The molecule has 0 aromatic heterocycles. The van der Waals surface area contributed by atoms with E-state index < -0.39 is 24.8 Å². The zero-order valence-corrected chi connectivity index (χ0v) is 20.1. The van der Waals surface area contributed by atoms with Gasteiger partial charge in [-0.05, 0) is 62.5 Å². The van der Waals surface area contributed by atoms with Gasteiger partial charge in [0.25, 0.3) is 0 Å². The van der Waals surface area contributed by atoms with Crippen LogP contribution in [0, 0.1) is 12.8 Å². The van der Waals surface area contributed by atoms with Crippen molar-refractivity contribution < 1.29 is 14.6 Å². The summed E-state index contributed by atoms with van der Waals surface area (Å²) in [5, 5.41) is 11.0. The number of aliphatic hydroxyl groups is 1. The summed E-state index contributed by atoms with van der Waals surface area (Å²) in [6.45, 7) is 18.4. The number of esters is 1. The van der Waals surface area contributed by atoms with E-state index >= 15 is 0 Å². The van der Waals surface area contributed by atoms with Gasteiger partial charge in [0.05, 0.1) is 19.7 Å². The number of benzene rings is 1. The first-order chi connectivity index (χ1) is 12.5.